The van der Waals surface area contributed by atoms with Gasteiger partial charge in [-0.2, -0.15) is 0 Å². The fourth-order valence-electron chi connectivity index (χ4n) is 5.46. The Labute approximate surface area is 183 Å². The molecule has 0 unspecified atom stereocenters. The average Bonchev–Trinajstić information content (AvgIpc) is 2.63. The number of hydrogen-bond donors (Lipinski definition) is 1. The molecule has 31 heavy (non-hydrogen) atoms. The molecule has 4 heteroatoms. The van der Waals surface area contributed by atoms with E-state index in [0.29, 0.717) is 19.3 Å². The minimum atomic E-state index is -0.943. The summed E-state index contributed by atoms with van der Waals surface area (Å²) in [5, 5.41) is 12.9. The molecule has 1 saturated carbocycles. The Hall–Kier alpha value is -2.75. The highest BCUT2D eigenvalue weighted by atomic mass is 16.3. The van der Waals surface area contributed by atoms with Crippen molar-refractivity contribution in [2.45, 2.75) is 59.3 Å². The van der Waals surface area contributed by atoms with Crippen LogP contribution < -0.4 is 0 Å². The maximum Gasteiger partial charge on any atom is 0.163 e. The van der Waals surface area contributed by atoms with E-state index in [1.807, 2.05) is 70.2 Å². The predicted molar refractivity (Wildman–Crippen MR) is 121 cm³/mol. The Balaban J connectivity index is 1.95. The van der Waals surface area contributed by atoms with E-state index in [2.05, 4.69) is 0 Å². The maximum absolute atomic E-state index is 13.3. The van der Waals surface area contributed by atoms with Gasteiger partial charge in [0.2, 0.25) is 0 Å². The minimum Gasteiger partial charge on any atom is -0.512 e. The molecule has 0 spiro atoms. The summed E-state index contributed by atoms with van der Waals surface area (Å²) in [4.78, 5) is 40.0. The second kappa shape index (κ2) is 7.44. The Morgan fingerprint density at radius 2 is 1.39 bits per heavy atom. The van der Waals surface area contributed by atoms with Crippen LogP contribution in [-0.4, -0.2) is 22.5 Å². The second-order valence-electron chi connectivity index (χ2n) is 10.8. The van der Waals surface area contributed by atoms with Gasteiger partial charge in [0.15, 0.2) is 5.78 Å². The highest BCUT2D eigenvalue weighted by Gasteiger charge is 2.48. The van der Waals surface area contributed by atoms with Crippen LogP contribution in [0.2, 0.25) is 0 Å². The van der Waals surface area contributed by atoms with E-state index in [9.17, 15) is 19.5 Å². The summed E-state index contributed by atoms with van der Waals surface area (Å²) < 4.78 is 0. The third-order valence-corrected chi connectivity index (χ3v) is 6.70. The van der Waals surface area contributed by atoms with Crippen molar-refractivity contribution < 1.29 is 19.5 Å². The van der Waals surface area contributed by atoms with Gasteiger partial charge in [-0.25, -0.2) is 0 Å². The lowest BCUT2D eigenvalue weighted by molar-refractivity contribution is -0.140. The molecular formula is C27H30O4. The van der Waals surface area contributed by atoms with Crippen LogP contribution in [0.3, 0.4) is 0 Å². The fourth-order valence-corrected chi connectivity index (χ4v) is 5.46. The van der Waals surface area contributed by atoms with Gasteiger partial charge >= 0.3 is 0 Å². The molecule has 0 saturated heterocycles. The van der Waals surface area contributed by atoms with Crippen LogP contribution in [0.25, 0.3) is 10.8 Å². The van der Waals surface area contributed by atoms with Crippen molar-refractivity contribution in [3.8, 4) is 0 Å². The van der Waals surface area contributed by atoms with Gasteiger partial charge in [-0.15, -0.1) is 0 Å². The summed E-state index contributed by atoms with van der Waals surface area (Å²) in [5.74, 6) is -2.14. The molecule has 0 amide bonds. The summed E-state index contributed by atoms with van der Waals surface area (Å²) in [6, 6.07) is 13.5. The molecule has 162 valence electrons. The lowest BCUT2D eigenvalue weighted by atomic mass is 9.62. The number of ketones is 3. The van der Waals surface area contributed by atoms with E-state index in [1.54, 1.807) is 0 Å². The molecule has 4 rings (SSSR count). The average molecular weight is 419 g/mol. The number of carbonyl (C=O) groups is 3. The van der Waals surface area contributed by atoms with Crippen molar-refractivity contribution in [1.29, 1.82) is 0 Å². The molecule has 1 atom stereocenters. The number of rotatable bonds is 3. The first-order valence-corrected chi connectivity index (χ1v) is 11.0. The van der Waals surface area contributed by atoms with Crippen LogP contribution in [0.4, 0.5) is 0 Å². The number of aliphatic hydroxyl groups is 1. The lowest BCUT2D eigenvalue weighted by Crippen LogP contribution is -2.43. The van der Waals surface area contributed by atoms with E-state index in [4.69, 9.17) is 0 Å². The molecule has 2 aromatic rings. The van der Waals surface area contributed by atoms with Gasteiger partial charge < -0.3 is 5.11 Å². The number of benzene rings is 2. The molecule has 1 fully saturated rings. The summed E-state index contributed by atoms with van der Waals surface area (Å²) in [7, 11) is 0. The number of aliphatic hydroxyl groups excluding tert-OH is 1. The Morgan fingerprint density at radius 3 is 2.03 bits per heavy atom. The van der Waals surface area contributed by atoms with Crippen molar-refractivity contribution >= 4 is 28.1 Å². The van der Waals surface area contributed by atoms with Gasteiger partial charge in [-0.05, 0) is 27.2 Å². The van der Waals surface area contributed by atoms with Gasteiger partial charge in [-0.1, -0.05) is 70.2 Å². The van der Waals surface area contributed by atoms with E-state index in [-0.39, 0.29) is 45.9 Å². The molecule has 2 aromatic carbocycles. The van der Waals surface area contributed by atoms with E-state index < -0.39 is 11.8 Å². The summed E-state index contributed by atoms with van der Waals surface area (Å²) in [5.41, 5.74) is 0.278. The Morgan fingerprint density at radius 1 is 0.806 bits per heavy atom. The molecule has 0 aliphatic heterocycles. The zero-order valence-electron chi connectivity index (χ0n) is 18.7. The number of allylic oxidation sites excluding steroid dienone is 2. The van der Waals surface area contributed by atoms with Gasteiger partial charge in [0.25, 0.3) is 0 Å². The summed E-state index contributed by atoms with van der Waals surface area (Å²) >= 11 is 0. The smallest absolute Gasteiger partial charge is 0.163 e. The van der Waals surface area contributed by atoms with E-state index in [1.165, 1.54) is 0 Å². The first kappa shape index (κ1) is 21.5. The van der Waals surface area contributed by atoms with Crippen LogP contribution in [0, 0.1) is 16.7 Å². The minimum absolute atomic E-state index is 0.0182. The zero-order valence-corrected chi connectivity index (χ0v) is 18.7. The molecule has 2 aliphatic carbocycles. The number of carbonyl (C=O) groups excluding carboxylic acids is 3. The molecule has 2 aliphatic rings. The van der Waals surface area contributed by atoms with Crippen LogP contribution in [0.15, 0.2) is 53.8 Å². The summed E-state index contributed by atoms with van der Waals surface area (Å²) in [6.45, 7) is 7.75. The Bertz CT molecular complexity index is 1090. The molecule has 0 bridgehead atoms. The lowest BCUT2D eigenvalue weighted by Gasteiger charge is -2.39. The molecule has 0 aromatic heterocycles. The second-order valence-corrected chi connectivity index (χ2v) is 10.8. The third-order valence-electron chi connectivity index (χ3n) is 6.70. The quantitative estimate of drug-likeness (QED) is 0.649. The van der Waals surface area contributed by atoms with E-state index in [0.717, 1.165) is 16.3 Å². The number of fused-ring (bicyclic) bond motifs is 1. The van der Waals surface area contributed by atoms with Gasteiger partial charge in [0, 0.05) is 37.2 Å². The summed E-state index contributed by atoms with van der Waals surface area (Å²) in [6.07, 6.45) is 1.22. The Kier molecular flexibility index (Phi) is 5.15. The standard InChI is InChI=1S/C27H30O4/c1-26(2)12-19(28)24(20(29)13-26)23(25-21(30)14-27(3,4)15-22(25)31)18-11-7-9-16-8-5-6-10-17(16)18/h5-11,23-24,30H,12-15H2,1-4H3/t23-/m0/s1. The van der Waals surface area contributed by atoms with Crippen molar-refractivity contribution in [1.82, 2.24) is 0 Å². The van der Waals surface area contributed by atoms with Crippen molar-refractivity contribution in [3.63, 3.8) is 0 Å². The normalized spacial score (nSPS) is 22.8. The largest absolute Gasteiger partial charge is 0.512 e. The number of Topliss-reactive ketones (excluding diaryl/α,β-unsaturated/α-hetero) is 3. The van der Waals surface area contributed by atoms with Gasteiger partial charge in [-0.3, -0.25) is 14.4 Å². The molecule has 1 N–H and O–H groups in total. The van der Waals surface area contributed by atoms with Gasteiger partial charge in [0.1, 0.15) is 17.3 Å². The first-order valence-electron chi connectivity index (χ1n) is 11.0. The van der Waals surface area contributed by atoms with Crippen LogP contribution >= 0.6 is 0 Å². The molecule has 4 nitrogen and oxygen atoms in total. The first-order chi connectivity index (χ1) is 14.5. The van der Waals surface area contributed by atoms with Crippen molar-refractivity contribution in [3.05, 3.63) is 59.4 Å². The monoisotopic (exact) mass is 418 g/mol. The highest BCUT2D eigenvalue weighted by Crippen LogP contribution is 2.48. The zero-order chi connectivity index (χ0) is 22.6. The van der Waals surface area contributed by atoms with Gasteiger partial charge in [0.05, 0.1) is 5.92 Å². The molecule has 0 heterocycles. The van der Waals surface area contributed by atoms with E-state index >= 15 is 0 Å². The van der Waals surface area contributed by atoms with Crippen molar-refractivity contribution in [2.75, 3.05) is 0 Å². The highest BCUT2D eigenvalue weighted by molar-refractivity contribution is 6.10. The van der Waals surface area contributed by atoms with Crippen LogP contribution in [-0.2, 0) is 14.4 Å². The maximum atomic E-state index is 13.3. The van der Waals surface area contributed by atoms with Crippen LogP contribution in [0.1, 0.15) is 64.9 Å². The molecular weight excluding hydrogens is 388 g/mol. The van der Waals surface area contributed by atoms with Crippen LogP contribution in [0.5, 0.6) is 0 Å². The topological polar surface area (TPSA) is 71.4 Å². The number of hydrogen-bond acceptors (Lipinski definition) is 4. The molecule has 0 radical (unpaired) electrons. The third kappa shape index (κ3) is 3.96. The SMILES string of the molecule is CC1(C)CC(=O)C([C@@H](C2=C(O)CC(C)(C)CC2=O)c2cccc3ccccc23)C(=O)C1. The fraction of sp³-hybridized carbons (Fsp3) is 0.444. The van der Waals surface area contributed by atoms with Crippen molar-refractivity contribution in [2.24, 2.45) is 16.7 Å². The predicted octanol–water partition coefficient (Wildman–Crippen LogP) is 5.70.